The van der Waals surface area contributed by atoms with Crippen molar-refractivity contribution >= 4 is 27.5 Å². The first kappa shape index (κ1) is 31.1. The first-order valence-electron chi connectivity index (χ1n) is 16.3. The number of methoxy groups -OCH3 is 1. The van der Waals surface area contributed by atoms with E-state index in [1.165, 1.54) is 31.4 Å². The highest BCUT2D eigenvalue weighted by Gasteiger charge is 2.47. The molecule has 3 aliphatic heterocycles. The minimum atomic E-state index is -1.05. The molecule has 4 heterocycles. The van der Waals surface area contributed by atoms with Gasteiger partial charge in [-0.1, -0.05) is 12.0 Å². The van der Waals surface area contributed by atoms with Gasteiger partial charge in [-0.25, -0.2) is 17.6 Å². The van der Waals surface area contributed by atoms with E-state index >= 15 is 8.78 Å². The van der Waals surface area contributed by atoms with Crippen molar-refractivity contribution in [3.8, 4) is 35.2 Å². The van der Waals surface area contributed by atoms with Crippen LogP contribution in [0, 0.1) is 35.2 Å². The third-order valence-electron chi connectivity index (χ3n) is 10.4. The van der Waals surface area contributed by atoms with Crippen LogP contribution in [0.25, 0.3) is 32.8 Å². The zero-order valence-electron chi connectivity index (χ0n) is 26.4. The molecule has 8 nitrogen and oxygen atoms in total. The molecule has 12 heteroatoms. The van der Waals surface area contributed by atoms with E-state index in [0.717, 1.165) is 31.7 Å². The fraction of sp³-hybridized carbons (Fsp3) is 0.444. The molecular formula is C36H35F4N5O3. The molecule has 3 saturated heterocycles. The number of nitrogens with one attached hydrogen (secondary N) is 1. The first-order chi connectivity index (χ1) is 23.1. The van der Waals surface area contributed by atoms with E-state index in [4.69, 9.17) is 20.9 Å². The number of phenols is 1. The van der Waals surface area contributed by atoms with Gasteiger partial charge in [-0.3, -0.25) is 4.90 Å². The lowest BCUT2D eigenvalue weighted by atomic mass is 9.92. The Balaban J connectivity index is 1.22. The topological polar surface area (TPSA) is 83.0 Å². The van der Waals surface area contributed by atoms with Crippen molar-refractivity contribution in [1.29, 1.82) is 0 Å². The summed E-state index contributed by atoms with van der Waals surface area (Å²) in [7, 11) is 1.51. The molecule has 4 aromatic rings. The minimum absolute atomic E-state index is 0.0539. The fourth-order valence-corrected chi connectivity index (χ4v) is 7.82. The van der Waals surface area contributed by atoms with E-state index in [1.54, 1.807) is 0 Å². The normalized spacial score (nSPS) is 24.8. The molecule has 2 N–H and O–H groups in total. The van der Waals surface area contributed by atoms with Crippen LogP contribution in [0.1, 0.15) is 31.2 Å². The number of likely N-dealkylation sites (tertiary alicyclic amines) is 1. The van der Waals surface area contributed by atoms with E-state index in [-0.39, 0.29) is 69.8 Å². The second kappa shape index (κ2) is 11.8. The van der Waals surface area contributed by atoms with Crippen LogP contribution in [0.4, 0.5) is 23.4 Å². The Morgan fingerprint density at radius 2 is 1.81 bits per heavy atom. The second-order valence-electron chi connectivity index (χ2n) is 13.7. The van der Waals surface area contributed by atoms with Crippen LogP contribution in [-0.4, -0.2) is 90.8 Å². The van der Waals surface area contributed by atoms with Crippen molar-refractivity contribution in [1.82, 2.24) is 20.2 Å². The van der Waals surface area contributed by atoms with Crippen LogP contribution in [0.15, 0.2) is 30.3 Å². The van der Waals surface area contributed by atoms with Gasteiger partial charge in [0.15, 0.2) is 5.82 Å². The van der Waals surface area contributed by atoms with E-state index < -0.39 is 35.3 Å². The molecular weight excluding hydrogens is 626 g/mol. The Bertz CT molecular complexity index is 1970. The van der Waals surface area contributed by atoms with Crippen LogP contribution < -0.4 is 15.0 Å². The van der Waals surface area contributed by atoms with Gasteiger partial charge in [0, 0.05) is 73.7 Å². The number of piperazine rings is 1. The summed E-state index contributed by atoms with van der Waals surface area (Å²) in [5.74, 6) is -0.269. The number of rotatable bonds is 8. The number of terminal acetylenes is 1. The van der Waals surface area contributed by atoms with Crippen LogP contribution in [-0.2, 0) is 4.74 Å². The van der Waals surface area contributed by atoms with E-state index in [1.807, 2.05) is 9.80 Å². The number of aromatic nitrogens is 2. The molecule has 2 bridgehead atoms. The quantitative estimate of drug-likeness (QED) is 0.194. The lowest BCUT2D eigenvalue weighted by molar-refractivity contribution is 0.0612. The highest BCUT2D eigenvalue weighted by Crippen LogP contribution is 2.47. The maximum Gasteiger partial charge on any atom is 0.319 e. The third kappa shape index (κ3) is 5.38. The fourth-order valence-electron chi connectivity index (χ4n) is 7.82. The highest BCUT2D eigenvalue weighted by atomic mass is 19.1. The minimum Gasteiger partial charge on any atom is -0.508 e. The van der Waals surface area contributed by atoms with Crippen molar-refractivity contribution in [2.24, 2.45) is 5.41 Å². The monoisotopic (exact) mass is 661 g/mol. The van der Waals surface area contributed by atoms with Crippen molar-refractivity contribution in [3.63, 3.8) is 0 Å². The summed E-state index contributed by atoms with van der Waals surface area (Å²) in [6.45, 7) is 2.84. The number of alkyl halides is 1. The van der Waals surface area contributed by atoms with Gasteiger partial charge in [0.25, 0.3) is 0 Å². The Kier molecular flexibility index (Phi) is 7.62. The number of phenolic OH excluding ortho intramolecular Hbond substituents is 1. The van der Waals surface area contributed by atoms with Gasteiger partial charge in [0.1, 0.15) is 41.0 Å². The molecule has 250 valence electrons. The lowest BCUT2D eigenvalue weighted by Crippen LogP contribution is -2.51. The molecule has 1 saturated carbocycles. The SMILES string of the molecule is C#Cc1c(F)ccc2cc(O)cc(-c3c(F)cc4c(N5CC6CCC(C5)N6)nc(OCC5(CN6C[C@@H](F)[C@@H](OC)C6)CC5)nc4c3F)c12. The summed E-state index contributed by atoms with van der Waals surface area (Å²) >= 11 is 0. The number of ether oxygens (including phenoxy) is 2. The Morgan fingerprint density at radius 3 is 2.50 bits per heavy atom. The molecule has 4 fully saturated rings. The Morgan fingerprint density at radius 1 is 1.04 bits per heavy atom. The van der Waals surface area contributed by atoms with E-state index in [0.29, 0.717) is 37.4 Å². The summed E-state index contributed by atoms with van der Waals surface area (Å²) in [4.78, 5) is 13.3. The molecule has 3 aromatic carbocycles. The predicted molar refractivity (Wildman–Crippen MR) is 173 cm³/mol. The zero-order chi connectivity index (χ0) is 33.3. The zero-order valence-corrected chi connectivity index (χ0v) is 26.4. The maximum absolute atomic E-state index is 16.9. The van der Waals surface area contributed by atoms with Crippen LogP contribution in [0.5, 0.6) is 11.8 Å². The number of anilines is 1. The van der Waals surface area contributed by atoms with Crippen LogP contribution in [0.3, 0.4) is 0 Å². The lowest BCUT2D eigenvalue weighted by Gasteiger charge is -2.34. The molecule has 0 radical (unpaired) electrons. The molecule has 4 atom stereocenters. The number of aromatic hydroxyl groups is 1. The Labute approximate surface area is 275 Å². The van der Waals surface area contributed by atoms with Gasteiger partial charge in [0.05, 0.1) is 17.7 Å². The van der Waals surface area contributed by atoms with Gasteiger partial charge in [0.2, 0.25) is 0 Å². The van der Waals surface area contributed by atoms with E-state index in [9.17, 15) is 13.9 Å². The first-order valence-corrected chi connectivity index (χ1v) is 16.3. The average Bonchev–Trinajstić information content (AvgIpc) is 3.62. The number of hydrogen-bond acceptors (Lipinski definition) is 8. The molecule has 8 rings (SSSR count). The molecule has 48 heavy (non-hydrogen) atoms. The van der Waals surface area contributed by atoms with Crippen molar-refractivity contribution in [2.75, 3.05) is 51.3 Å². The number of fused-ring (bicyclic) bond motifs is 4. The van der Waals surface area contributed by atoms with Crippen molar-refractivity contribution in [2.45, 2.75) is 50.0 Å². The van der Waals surface area contributed by atoms with Gasteiger partial charge in [-0.2, -0.15) is 9.97 Å². The summed E-state index contributed by atoms with van der Waals surface area (Å²) in [5.41, 5.74) is -1.16. The maximum atomic E-state index is 16.9. The second-order valence-corrected chi connectivity index (χ2v) is 13.7. The Hall–Kier alpha value is -4.18. The third-order valence-corrected chi connectivity index (χ3v) is 10.4. The molecule has 0 spiro atoms. The van der Waals surface area contributed by atoms with Crippen molar-refractivity contribution < 1.29 is 32.1 Å². The number of nitrogens with zero attached hydrogens (tertiary/aromatic N) is 4. The number of hydrogen-bond donors (Lipinski definition) is 2. The number of halogens is 4. The highest BCUT2D eigenvalue weighted by molar-refractivity contribution is 6.04. The van der Waals surface area contributed by atoms with Crippen LogP contribution >= 0.6 is 0 Å². The summed E-state index contributed by atoms with van der Waals surface area (Å²) in [6.07, 6.45) is 7.86. The molecule has 4 aliphatic rings. The molecule has 1 aliphatic carbocycles. The summed E-state index contributed by atoms with van der Waals surface area (Å²) in [5, 5.41) is 14.7. The predicted octanol–water partition coefficient (Wildman–Crippen LogP) is 5.32. The van der Waals surface area contributed by atoms with Crippen LogP contribution in [0.2, 0.25) is 0 Å². The molecule has 2 unspecified atom stereocenters. The summed E-state index contributed by atoms with van der Waals surface area (Å²) in [6, 6.07) is 6.66. The average molecular weight is 662 g/mol. The summed E-state index contributed by atoms with van der Waals surface area (Å²) < 4.78 is 73.8. The van der Waals surface area contributed by atoms with Gasteiger partial charge < -0.3 is 24.8 Å². The van der Waals surface area contributed by atoms with E-state index in [2.05, 4.69) is 16.2 Å². The van der Waals surface area contributed by atoms with Gasteiger partial charge >= 0.3 is 6.01 Å². The standard InChI is InChI=1S/C36H35F4N5O3/c1-3-23-26(37)7-4-19-10-22(46)11-24(30(19)23)31-27(38)12-25-33(32(31)40)42-35(43-34(25)45-13-20-5-6-21(14-45)41-20)48-18-36(8-9-36)17-44-15-28(39)29(16-44)47-2/h1,4,7,10-12,20-21,28-29,41,46H,5-6,8-9,13-18H2,2H3/t20?,21?,28-,29+/m1/s1. The van der Waals surface area contributed by atoms with Gasteiger partial charge in [-0.05, 0) is 55.3 Å². The largest absolute Gasteiger partial charge is 0.508 e. The molecule has 1 aromatic heterocycles. The number of benzene rings is 3. The van der Waals surface area contributed by atoms with Gasteiger partial charge in [-0.15, -0.1) is 6.42 Å². The smallest absolute Gasteiger partial charge is 0.319 e. The molecule has 0 amide bonds. The van der Waals surface area contributed by atoms with Crippen molar-refractivity contribution in [3.05, 3.63) is 53.3 Å².